The highest BCUT2D eigenvalue weighted by atomic mass is 19.1. The number of aromatic nitrogens is 1. The molecule has 4 nitrogen and oxygen atoms in total. The average molecular weight is 284 g/mol. The first-order valence-electron chi connectivity index (χ1n) is 6.23. The summed E-state index contributed by atoms with van der Waals surface area (Å²) >= 11 is 0. The number of amides is 1. The van der Waals surface area contributed by atoms with E-state index in [2.05, 4.69) is 22.1 Å². The molecular weight excluding hydrogens is 271 g/mol. The number of hydrogen-bond acceptors (Lipinski definition) is 3. The first-order chi connectivity index (χ1) is 10.1. The quantitative estimate of drug-likeness (QED) is 0.830. The summed E-state index contributed by atoms with van der Waals surface area (Å²) in [6.45, 7) is 1.53. The number of aliphatic hydroxyl groups is 1. The fourth-order valence-corrected chi connectivity index (χ4v) is 1.65. The summed E-state index contributed by atoms with van der Waals surface area (Å²) in [6.07, 6.45) is 1.42. The first kappa shape index (κ1) is 14.7. The summed E-state index contributed by atoms with van der Waals surface area (Å²) in [5.74, 6) is 4.16. The van der Waals surface area contributed by atoms with Crippen LogP contribution in [0.5, 0.6) is 0 Å². The van der Waals surface area contributed by atoms with E-state index in [1.807, 2.05) is 0 Å². The molecule has 0 aliphatic heterocycles. The minimum Gasteiger partial charge on any atom is -0.384 e. The number of nitrogens with zero attached hydrogens (tertiary/aromatic N) is 1. The van der Waals surface area contributed by atoms with Gasteiger partial charge in [-0.15, -0.1) is 0 Å². The fraction of sp³-hybridized carbons (Fsp3) is 0.125. The molecule has 1 aromatic heterocycles. The van der Waals surface area contributed by atoms with E-state index in [0.29, 0.717) is 5.56 Å². The molecule has 0 unspecified atom stereocenters. The van der Waals surface area contributed by atoms with Crippen LogP contribution in [-0.4, -0.2) is 22.6 Å². The SMILES string of the molecule is Cc1ccc(NC(=O)c2ccc(C#CCO)cn2)c(F)c1. The molecule has 21 heavy (non-hydrogen) atoms. The van der Waals surface area contributed by atoms with Gasteiger partial charge in [0.15, 0.2) is 0 Å². The minimum absolute atomic E-state index is 0.108. The van der Waals surface area contributed by atoms with Crippen LogP contribution >= 0.6 is 0 Å². The second-order valence-corrected chi connectivity index (χ2v) is 4.33. The molecule has 106 valence electrons. The Morgan fingerprint density at radius 1 is 1.38 bits per heavy atom. The lowest BCUT2D eigenvalue weighted by Gasteiger charge is -2.06. The van der Waals surface area contributed by atoms with Gasteiger partial charge in [0, 0.05) is 11.8 Å². The van der Waals surface area contributed by atoms with Crippen molar-refractivity contribution in [2.45, 2.75) is 6.92 Å². The Labute approximate surface area is 121 Å². The Morgan fingerprint density at radius 2 is 2.19 bits per heavy atom. The number of anilines is 1. The Morgan fingerprint density at radius 3 is 2.81 bits per heavy atom. The van der Waals surface area contributed by atoms with Gasteiger partial charge < -0.3 is 10.4 Å². The number of aliphatic hydroxyl groups excluding tert-OH is 1. The maximum atomic E-state index is 13.7. The lowest BCUT2D eigenvalue weighted by Crippen LogP contribution is -2.14. The largest absolute Gasteiger partial charge is 0.384 e. The van der Waals surface area contributed by atoms with Gasteiger partial charge in [-0.1, -0.05) is 17.9 Å². The normalized spacial score (nSPS) is 9.67. The van der Waals surface area contributed by atoms with Crippen LogP contribution in [0.3, 0.4) is 0 Å². The minimum atomic E-state index is -0.501. The van der Waals surface area contributed by atoms with Crippen molar-refractivity contribution in [3.63, 3.8) is 0 Å². The van der Waals surface area contributed by atoms with E-state index in [0.717, 1.165) is 5.56 Å². The summed E-state index contributed by atoms with van der Waals surface area (Å²) < 4.78 is 13.7. The third-order valence-electron chi connectivity index (χ3n) is 2.68. The van der Waals surface area contributed by atoms with Gasteiger partial charge in [0.05, 0.1) is 5.69 Å². The molecule has 0 saturated heterocycles. The van der Waals surface area contributed by atoms with Gasteiger partial charge in [-0.05, 0) is 36.8 Å². The molecule has 2 aromatic rings. The van der Waals surface area contributed by atoms with Crippen molar-refractivity contribution in [3.8, 4) is 11.8 Å². The molecule has 2 N–H and O–H groups in total. The van der Waals surface area contributed by atoms with Gasteiger partial charge in [0.2, 0.25) is 0 Å². The molecule has 2 rings (SSSR count). The maximum Gasteiger partial charge on any atom is 0.274 e. The van der Waals surface area contributed by atoms with Gasteiger partial charge in [0.25, 0.3) is 5.91 Å². The van der Waals surface area contributed by atoms with E-state index in [9.17, 15) is 9.18 Å². The summed E-state index contributed by atoms with van der Waals surface area (Å²) in [5, 5.41) is 11.1. The zero-order valence-corrected chi connectivity index (χ0v) is 11.4. The highest BCUT2D eigenvalue weighted by molar-refractivity contribution is 6.02. The zero-order chi connectivity index (χ0) is 15.2. The smallest absolute Gasteiger partial charge is 0.274 e. The van der Waals surface area contributed by atoms with Crippen LogP contribution in [0.25, 0.3) is 0 Å². The molecule has 1 amide bonds. The number of aryl methyl sites for hydroxylation is 1. The lowest BCUT2D eigenvalue weighted by atomic mass is 10.2. The number of nitrogens with one attached hydrogen (secondary N) is 1. The second kappa shape index (κ2) is 6.64. The zero-order valence-electron chi connectivity index (χ0n) is 11.4. The van der Waals surface area contributed by atoms with Crippen molar-refractivity contribution < 1.29 is 14.3 Å². The van der Waals surface area contributed by atoms with E-state index in [1.165, 1.54) is 24.4 Å². The third-order valence-corrected chi connectivity index (χ3v) is 2.68. The number of rotatable bonds is 2. The van der Waals surface area contributed by atoms with E-state index < -0.39 is 11.7 Å². The van der Waals surface area contributed by atoms with Crippen LogP contribution in [-0.2, 0) is 0 Å². The standard InChI is InChI=1S/C16H13FN2O2/c1-11-4-6-14(13(17)9-11)19-16(21)15-7-5-12(10-18-15)3-2-8-20/h4-7,9-10,20H,8H2,1H3,(H,19,21). The number of halogens is 1. The van der Waals surface area contributed by atoms with Crippen LogP contribution < -0.4 is 5.32 Å². The molecule has 0 spiro atoms. The molecule has 0 bridgehead atoms. The van der Waals surface area contributed by atoms with Crippen molar-refractivity contribution in [1.29, 1.82) is 0 Å². The maximum absolute atomic E-state index is 13.7. The summed E-state index contributed by atoms with van der Waals surface area (Å²) in [4.78, 5) is 15.9. The van der Waals surface area contributed by atoms with E-state index in [-0.39, 0.29) is 18.0 Å². The van der Waals surface area contributed by atoms with Crippen molar-refractivity contribution in [2.75, 3.05) is 11.9 Å². The Balaban J connectivity index is 2.13. The van der Waals surface area contributed by atoms with E-state index >= 15 is 0 Å². The molecule has 0 saturated carbocycles. The van der Waals surface area contributed by atoms with Crippen LogP contribution in [0.4, 0.5) is 10.1 Å². The molecule has 0 fully saturated rings. The highest BCUT2D eigenvalue weighted by Crippen LogP contribution is 2.16. The molecule has 0 radical (unpaired) electrons. The molecule has 1 heterocycles. The average Bonchev–Trinajstić information content (AvgIpc) is 2.48. The Kier molecular flexibility index (Phi) is 4.64. The number of hydrogen-bond donors (Lipinski definition) is 2. The van der Waals surface area contributed by atoms with Crippen LogP contribution in [0.15, 0.2) is 36.5 Å². The molecule has 0 atom stereocenters. The van der Waals surface area contributed by atoms with Gasteiger partial charge in [-0.3, -0.25) is 4.79 Å². The number of pyridine rings is 1. The molecule has 0 aliphatic carbocycles. The fourth-order valence-electron chi connectivity index (χ4n) is 1.65. The van der Waals surface area contributed by atoms with Crippen LogP contribution in [0, 0.1) is 24.6 Å². The van der Waals surface area contributed by atoms with Crippen molar-refractivity contribution in [1.82, 2.24) is 4.98 Å². The van der Waals surface area contributed by atoms with Gasteiger partial charge in [-0.25, -0.2) is 9.37 Å². The molecule has 1 aromatic carbocycles. The second-order valence-electron chi connectivity index (χ2n) is 4.33. The third kappa shape index (κ3) is 3.88. The van der Waals surface area contributed by atoms with Crippen LogP contribution in [0.2, 0.25) is 0 Å². The summed E-state index contributed by atoms with van der Waals surface area (Å²) in [7, 11) is 0. The molecule has 5 heteroatoms. The van der Waals surface area contributed by atoms with Gasteiger partial charge in [0.1, 0.15) is 18.1 Å². The molecular formula is C16H13FN2O2. The topological polar surface area (TPSA) is 62.2 Å². The number of carbonyl (C=O) groups excluding carboxylic acids is 1. The predicted octanol–water partition coefficient (Wildman–Crippen LogP) is 2.13. The van der Waals surface area contributed by atoms with Crippen molar-refractivity contribution >= 4 is 11.6 Å². The summed E-state index contributed by atoms with van der Waals surface area (Å²) in [6, 6.07) is 7.65. The monoisotopic (exact) mass is 284 g/mol. The number of carbonyl (C=O) groups is 1. The first-order valence-corrected chi connectivity index (χ1v) is 6.23. The van der Waals surface area contributed by atoms with Gasteiger partial charge in [-0.2, -0.15) is 0 Å². The Hall–Kier alpha value is -2.71. The van der Waals surface area contributed by atoms with E-state index in [4.69, 9.17) is 5.11 Å². The van der Waals surface area contributed by atoms with Crippen molar-refractivity contribution in [2.24, 2.45) is 0 Å². The molecule has 0 aliphatic rings. The highest BCUT2D eigenvalue weighted by Gasteiger charge is 2.10. The summed E-state index contributed by atoms with van der Waals surface area (Å²) in [5.41, 5.74) is 1.62. The van der Waals surface area contributed by atoms with Gasteiger partial charge >= 0.3 is 0 Å². The number of benzene rings is 1. The Bertz CT molecular complexity index is 715. The van der Waals surface area contributed by atoms with E-state index in [1.54, 1.807) is 19.1 Å². The predicted molar refractivity (Wildman–Crippen MR) is 77.3 cm³/mol. The van der Waals surface area contributed by atoms with Crippen molar-refractivity contribution in [3.05, 3.63) is 59.2 Å². The lowest BCUT2D eigenvalue weighted by molar-refractivity contribution is 0.102. The van der Waals surface area contributed by atoms with Crippen LogP contribution in [0.1, 0.15) is 21.6 Å².